The number of hydrogen-bond acceptors (Lipinski definition) is 4. The average Bonchev–Trinajstić information content (AvgIpc) is 2.79. The van der Waals surface area contributed by atoms with Gasteiger partial charge in [-0.15, -0.1) is 12.4 Å². The van der Waals surface area contributed by atoms with E-state index in [1.807, 2.05) is 30.3 Å². The number of piperazine rings is 1. The second-order valence-electron chi connectivity index (χ2n) is 7.54. The van der Waals surface area contributed by atoms with Gasteiger partial charge in [-0.2, -0.15) is 0 Å². The number of hydrogen-bond donors (Lipinski definition) is 1. The molecule has 0 aliphatic carbocycles. The van der Waals surface area contributed by atoms with E-state index in [0.717, 1.165) is 56.5 Å². The van der Waals surface area contributed by atoms with Gasteiger partial charge in [0, 0.05) is 55.6 Å². The van der Waals surface area contributed by atoms with Gasteiger partial charge in [0.1, 0.15) is 0 Å². The molecule has 0 saturated carbocycles. The molecule has 0 unspecified atom stereocenters. The average molecular weight is 425 g/mol. The molecular weight excluding hydrogens is 396 g/mol. The van der Waals surface area contributed by atoms with Gasteiger partial charge in [-0.05, 0) is 55.8 Å². The largest absolute Gasteiger partial charge is 0.369 e. The minimum Gasteiger partial charge on any atom is -0.369 e. The van der Waals surface area contributed by atoms with Gasteiger partial charge in [-0.3, -0.25) is 14.7 Å². The number of unbranched alkanes of at least 4 members (excludes halogenated alkanes) is 1. The fourth-order valence-corrected chi connectivity index (χ4v) is 3.85. The number of amides is 1. The van der Waals surface area contributed by atoms with Crippen LogP contribution in [0.5, 0.6) is 0 Å². The first-order valence-electron chi connectivity index (χ1n) is 10.4. The van der Waals surface area contributed by atoms with Gasteiger partial charge < -0.3 is 10.2 Å². The summed E-state index contributed by atoms with van der Waals surface area (Å²) in [4.78, 5) is 21.7. The molecule has 3 aromatic rings. The number of nitrogens with zero attached hydrogens (tertiary/aromatic N) is 3. The zero-order chi connectivity index (χ0) is 19.9. The fraction of sp³-hybridized carbons (Fsp3) is 0.333. The van der Waals surface area contributed by atoms with E-state index in [0.29, 0.717) is 12.1 Å². The standard InChI is InChI=1S/C24H28N4O.ClH/c29-24(21-10-11-23-20(19-21)7-6-13-25-23)26-12-4-5-14-27-15-17-28(18-16-27)22-8-2-1-3-9-22;/h1-3,6-11,13,19H,4-5,12,14-18H2,(H,26,29);1H. The van der Waals surface area contributed by atoms with Crippen molar-refractivity contribution in [2.75, 3.05) is 44.2 Å². The highest BCUT2D eigenvalue weighted by atomic mass is 35.5. The van der Waals surface area contributed by atoms with Crippen molar-refractivity contribution >= 4 is 34.9 Å². The molecule has 2 aromatic carbocycles. The third-order valence-electron chi connectivity index (χ3n) is 5.55. The Hall–Kier alpha value is -2.63. The Labute approximate surface area is 184 Å². The Morgan fingerprint density at radius 3 is 2.53 bits per heavy atom. The van der Waals surface area contributed by atoms with Crippen molar-refractivity contribution in [3.05, 3.63) is 72.4 Å². The van der Waals surface area contributed by atoms with Crippen LogP contribution < -0.4 is 10.2 Å². The van der Waals surface area contributed by atoms with Crippen LogP contribution in [0.2, 0.25) is 0 Å². The van der Waals surface area contributed by atoms with Gasteiger partial charge in [0.15, 0.2) is 0 Å². The molecule has 4 rings (SSSR count). The highest BCUT2D eigenvalue weighted by molar-refractivity contribution is 5.97. The lowest BCUT2D eigenvalue weighted by molar-refractivity contribution is 0.0952. The Morgan fingerprint density at radius 2 is 1.73 bits per heavy atom. The second-order valence-corrected chi connectivity index (χ2v) is 7.54. The molecule has 0 bridgehead atoms. The number of pyridine rings is 1. The number of carbonyl (C=O) groups excluding carboxylic acids is 1. The number of benzene rings is 2. The summed E-state index contributed by atoms with van der Waals surface area (Å²) in [6.45, 7) is 6.18. The van der Waals surface area contributed by atoms with Crippen molar-refractivity contribution in [1.29, 1.82) is 0 Å². The summed E-state index contributed by atoms with van der Waals surface area (Å²) in [6, 6.07) is 20.2. The van der Waals surface area contributed by atoms with Crippen LogP contribution in [-0.4, -0.2) is 55.1 Å². The summed E-state index contributed by atoms with van der Waals surface area (Å²) < 4.78 is 0. The molecular formula is C24H29ClN4O. The summed E-state index contributed by atoms with van der Waals surface area (Å²) in [7, 11) is 0. The van der Waals surface area contributed by atoms with Crippen LogP contribution in [0.4, 0.5) is 5.69 Å². The molecule has 1 aliphatic rings. The van der Waals surface area contributed by atoms with E-state index in [1.165, 1.54) is 5.69 Å². The van der Waals surface area contributed by atoms with Crippen LogP contribution in [0, 0.1) is 0 Å². The topological polar surface area (TPSA) is 48.5 Å². The normalized spacial score (nSPS) is 14.3. The highest BCUT2D eigenvalue weighted by Crippen LogP contribution is 2.16. The summed E-state index contributed by atoms with van der Waals surface area (Å²) in [5, 5.41) is 4.04. The molecule has 0 atom stereocenters. The molecule has 30 heavy (non-hydrogen) atoms. The fourth-order valence-electron chi connectivity index (χ4n) is 3.85. The van der Waals surface area contributed by atoms with Crippen LogP contribution in [0.3, 0.4) is 0 Å². The van der Waals surface area contributed by atoms with Crippen molar-refractivity contribution in [1.82, 2.24) is 15.2 Å². The van der Waals surface area contributed by atoms with Crippen LogP contribution in [-0.2, 0) is 0 Å². The van der Waals surface area contributed by atoms with Crippen molar-refractivity contribution in [2.45, 2.75) is 12.8 Å². The Morgan fingerprint density at radius 1 is 0.933 bits per heavy atom. The smallest absolute Gasteiger partial charge is 0.251 e. The van der Waals surface area contributed by atoms with Crippen LogP contribution in [0.1, 0.15) is 23.2 Å². The van der Waals surface area contributed by atoms with Crippen molar-refractivity contribution in [3.63, 3.8) is 0 Å². The summed E-state index contributed by atoms with van der Waals surface area (Å²) in [5.74, 6) is -0.00720. The molecule has 1 aromatic heterocycles. The van der Waals surface area contributed by atoms with Gasteiger partial charge in [0.05, 0.1) is 5.52 Å². The molecule has 0 radical (unpaired) electrons. The van der Waals surface area contributed by atoms with Crippen molar-refractivity contribution < 1.29 is 4.79 Å². The van der Waals surface area contributed by atoms with E-state index in [4.69, 9.17) is 0 Å². The minimum absolute atomic E-state index is 0. The first-order valence-corrected chi connectivity index (χ1v) is 10.4. The lowest BCUT2D eigenvalue weighted by Crippen LogP contribution is -2.46. The number of anilines is 1. The summed E-state index contributed by atoms with van der Waals surface area (Å²) >= 11 is 0. The SMILES string of the molecule is Cl.O=C(NCCCCN1CCN(c2ccccc2)CC1)c1ccc2ncccc2c1. The quantitative estimate of drug-likeness (QED) is 0.582. The van der Waals surface area contributed by atoms with E-state index in [-0.39, 0.29) is 18.3 Å². The maximum atomic E-state index is 12.4. The number of fused-ring (bicyclic) bond motifs is 1. The van der Waals surface area contributed by atoms with E-state index >= 15 is 0 Å². The molecule has 1 saturated heterocycles. The Kier molecular flexibility index (Phi) is 8.05. The third-order valence-corrected chi connectivity index (χ3v) is 5.55. The zero-order valence-electron chi connectivity index (χ0n) is 17.2. The van der Waals surface area contributed by atoms with Gasteiger partial charge >= 0.3 is 0 Å². The highest BCUT2D eigenvalue weighted by Gasteiger charge is 2.16. The van der Waals surface area contributed by atoms with E-state index in [2.05, 4.69) is 50.4 Å². The van der Waals surface area contributed by atoms with Gasteiger partial charge in [-0.25, -0.2) is 0 Å². The summed E-state index contributed by atoms with van der Waals surface area (Å²) in [5.41, 5.74) is 2.93. The summed E-state index contributed by atoms with van der Waals surface area (Å²) in [6.07, 6.45) is 3.87. The number of rotatable bonds is 7. The van der Waals surface area contributed by atoms with Crippen molar-refractivity contribution in [2.24, 2.45) is 0 Å². The number of para-hydroxylation sites is 1. The maximum absolute atomic E-state index is 12.4. The third kappa shape index (κ3) is 5.71. The second kappa shape index (κ2) is 11.0. The number of nitrogens with one attached hydrogen (secondary N) is 1. The molecule has 1 N–H and O–H groups in total. The molecule has 5 nitrogen and oxygen atoms in total. The van der Waals surface area contributed by atoms with E-state index < -0.39 is 0 Å². The molecule has 1 amide bonds. The predicted octanol–water partition coefficient (Wildman–Crippen LogP) is 3.99. The molecule has 1 fully saturated rings. The predicted molar refractivity (Wildman–Crippen MR) is 126 cm³/mol. The molecule has 2 heterocycles. The Balaban J connectivity index is 0.00000256. The molecule has 0 spiro atoms. The number of halogens is 1. The first-order chi connectivity index (χ1) is 14.3. The monoisotopic (exact) mass is 424 g/mol. The molecule has 158 valence electrons. The number of carbonyl (C=O) groups is 1. The van der Waals surface area contributed by atoms with Gasteiger partial charge in [-0.1, -0.05) is 24.3 Å². The lowest BCUT2D eigenvalue weighted by atomic mass is 10.1. The van der Waals surface area contributed by atoms with E-state index in [9.17, 15) is 4.79 Å². The van der Waals surface area contributed by atoms with Crippen LogP contribution >= 0.6 is 12.4 Å². The van der Waals surface area contributed by atoms with Crippen molar-refractivity contribution in [3.8, 4) is 0 Å². The van der Waals surface area contributed by atoms with E-state index in [1.54, 1.807) is 6.20 Å². The molecule has 6 heteroatoms. The molecule has 1 aliphatic heterocycles. The first kappa shape index (κ1) is 22.1. The van der Waals surface area contributed by atoms with Gasteiger partial charge in [0.25, 0.3) is 5.91 Å². The van der Waals surface area contributed by atoms with Crippen LogP contribution in [0.25, 0.3) is 10.9 Å². The minimum atomic E-state index is -0.00720. The van der Waals surface area contributed by atoms with Crippen LogP contribution in [0.15, 0.2) is 66.9 Å². The van der Waals surface area contributed by atoms with Gasteiger partial charge in [0.2, 0.25) is 0 Å². The maximum Gasteiger partial charge on any atom is 0.251 e. The number of aromatic nitrogens is 1. The zero-order valence-corrected chi connectivity index (χ0v) is 18.0. The lowest BCUT2D eigenvalue weighted by Gasteiger charge is -2.36. The Bertz CT molecular complexity index is 942.